The first-order valence-electron chi connectivity index (χ1n) is 6.32. The van der Waals surface area contributed by atoms with Crippen LogP contribution in [0.15, 0.2) is 42.5 Å². The van der Waals surface area contributed by atoms with Gasteiger partial charge in [-0.05, 0) is 55.0 Å². The zero-order chi connectivity index (χ0) is 14.7. The SMILES string of the molecule is Cc1cc(C(=O)Nc2ccc(N(C)C)cc2)ccc1F. The highest BCUT2D eigenvalue weighted by Crippen LogP contribution is 2.17. The number of hydrogen-bond acceptors (Lipinski definition) is 2. The first-order chi connectivity index (χ1) is 9.47. The normalized spacial score (nSPS) is 10.2. The van der Waals surface area contributed by atoms with Crippen LogP contribution >= 0.6 is 0 Å². The molecule has 0 saturated carbocycles. The summed E-state index contributed by atoms with van der Waals surface area (Å²) in [6, 6.07) is 11.8. The minimum Gasteiger partial charge on any atom is -0.378 e. The lowest BCUT2D eigenvalue weighted by molar-refractivity contribution is 0.102. The fourth-order valence-corrected chi connectivity index (χ4v) is 1.83. The quantitative estimate of drug-likeness (QED) is 0.928. The van der Waals surface area contributed by atoms with E-state index in [0.29, 0.717) is 16.8 Å². The minimum atomic E-state index is -0.308. The summed E-state index contributed by atoms with van der Waals surface area (Å²) in [6.45, 7) is 1.64. The predicted molar refractivity (Wildman–Crippen MR) is 79.9 cm³/mol. The van der Waals surface area contributed by atoms with Crippen LogP contribution in [0, 0.1) is 12.7 Å². The molecule has 1 amide bonds. The second-order valence-electron chi connectivity index (χ2n) is 4.86. The zero-order valence-corrected chi connectivity index (χ0v) is 11.8. The minimum absolute atomic E-state index is 0.245. The number of rotatable bonds is 3. The lowest BCUT2D eigenvalue weighted by atomic mass is 10.1. The maximum absolute atomic E-state index is 13.2. The molecule has 2 rings (SSSR count). The Morgan fingerprint density at radius 1 is 1.10 bits per heavy atom. The number of halogens is 1. The number of carbonyl (C=O) groups excluding carboxylic acids is 1. The van der Waals surface area contributed by atoms with E-state index in [-0.39, 0.29) is 11.7 Å². The number of nitrogens with zero attached hydrogens (tertiary/aromatic N) is 1. The third-order valence-corrected chi connectivity index (χ3v) is 3.06. The van der Waals surface area contributed by atoms with Crippen molar-refractivity contribution in [3.8, 4) is 0 Å². The summed E-state index contributed by atoms with van der Waals surface area (Å²) in [5, 5.41) is 2.79. The van der Waals surface area contributed by atoms with E-state index in [0.717, 1.165) is 5.69 Å². The molecule has 1 N–H and O–H groups in total. The molecule has 2 aromatic carbocycles. The smallest absolute Gasteiger partial charge is 0.255 e. The van der Waals surface area contributed by atoms with Crippen molar-refractivity contribution in [3.05, 3.63) is 59.4 Å². The largest absolute Gasteiger partial charge is 0.378 e. The van der Waals surface area contributed by atoms with Crippen molar-refractivity contribution in [2.24, 2.45) is 0 Å². The van der Waals surface area contributed by atoms with Gasteiger partial charge in [0.25, 0.3) is 5.91 Å². The van der Waals surface area contributed by atoms with Crippen LogP contribution in [0.4, 0.5) is 15.8 Å². The number of carbonyl (C=O) groups is 1. The monoisotopic (exact) mass is 272 g/mol. The predicted octanol–water partition coefficient (Wildman–Crippen LogP) is 3.45. The highest BCUT2D eigenvalue weighted by molar-refractivity contribution is 6.04. The van der Waals surface area contributed by atoms with Gasteiger partial charge in [-0.3, -0.25) is 4.79 Å². The average Bonchev–Trinajstić information content (AvgIpc) is 2.42. The Labute approximate surface area is 118 Å². The van der Waals surface area contributed by atoms with Crippen molar-refractivity contribution in [1.29, 1.82) is 0 Å². The second-order valence-corrected chi connectivity index (χ2v) is 4.86. The third kappa shape index (κ3) is 3.15. The van der Waals surface area contributed by atoms with Crippen LogP contribution in [-0.2, 0) is 0 Å². The molecule has 0 bridgehead atoms. The molecular formula is C16H17FN2O. The number of benzene rings is 2. The zero-order valence-electron chi connectivity index (χ0n) is 11.8. The molecule has 0 saturated heterocycles. The van der Waals surface area contributed by atoms with Crippen LogP contribution in [0.5, 0.6) is 0 Å². The Bertz CT molecular complexity index is 621. The maximum Gasteiger partial charge on any atom is 0.255 e. The van der Waals surface area contributed by atoms with Gasteiger partial charge < -0.3 is 10.2 Å². The Kier molecular flexibility index (Phi) is 4.03. The second kappa shape index (κ2) is 5.74. The molecule has 20 heavy (non-hydrogen) atoms. The summed E-state index contributed by atoms with van der Waals surface area (Å²) in [5.74, 6) is -0.553. The Morgan fingerprint density at radius 2 is 1.75 bits per heavy atom. The molecule has 0 aliphatic rings. The van der Waals surface area contributed by atoms with Gasteiger partial charge in [0.2, 0.25) is 0 Å². The number of aryl methyl sites for hydroxylation is 1. The first kappa shape index (κ1) is 14.1. The van der Waals surface area contributed by atoms with E-state index in [1.54, 1.807) is 13.0 Å². The summed E-state index contributed by atoms with van der Waals surface area (Å²) in [6.07, 6.45) is 0. The van der Waals surface area contributed by atoms with E-state index < -0.39 is 0 Å². The van der Waals surface area contributed by atoms with Crippen LogP contribution in [-0.4, -0.2) is 20.0 Å². The van der Waals surface area contributed by atoms with Gasteiger partial charge in [-0.1, -0.05) is 0 Å². The van der Waals surface area contributed by atoms with E-state index in [1.165, 1.54) is 12.1 Å². The first-order valence-corrected chi connectivity index (χ1v) is 6.32. The molecular weight excluding hydrogens is 255 g/mol. The van der Waals surface area contributed by atoms with Crippen LogP contribution in [0.3, 0.4) is 0 Å². The van der Waals surface area contributed by atoms with Gasteiger partial charge >= 0.3 is 0 Å². The molecule has 3 nitrogen and oxygen atoms in total. The van der Waals surface area contributed by atoms with Gasteiger partial charge in [-0.15, -0.1) is 0 Å². The molecule has 0 heterocycles. The number of hydrogen-bond donors (Lipinski definition) is 1. The summed E-state index contributed by atoms with van der Waals surface area (Å²) in [5.41, 5.74) is 2.67. The standard InChI is InChI=1S/C16H17FN2O/c1-11-10-12(4-9-15(11)17)16(20)18-13-5-7-14(8-6-13)19(2)3/h4-10H,1-3H3,(H,18,20). The van der Waals surface area contributed by atoms with Gasteiger partial charge in [0, 0.05) is 31.0 Å². The topological polar surface area (TPSA) is 32.3 Å². The van der Waals surface area contributed by atoms with E-state index in [1.807, 2.05) is 43.3 Å². The number of amides is 1. The fraction of sp³-hybridized carbons (Fsp3) is 0.188. The summed E-state index contributed by atoms with van der Waals surface area (Å²) in [4.78, 5) is 14.0. The fourth-order valence-electron chi connectivity index (χ4n) is 1.83. The molecule has 0 aliphatic carbocycles. The summed E-state index contributed by atoms with van der Waals surface area (Å²) < 4.78 is 13.2. The lowest BCUT2D eigenvalue weighted by Gasteiger charge is -2.13. The van der Waals surface area contributed by atoms with Crippen LogP contribution < -0.4 is 10.2 Å². The van der Waals surface area contributed by atoms with Crippen molar-refractivity contribution >= 4 is 17.3 Å². The van der Waals surface area contributed by atoms with E-state index in [9.17, 15) is 9.18 Å². The molecule has 0 aromatic heterocycles. The molecule has 0 aliphatic heterocycles. The molecule has 0 unspecified atom stereocenters. The molecule has 4 heteroatoms. The Balaban J connectivity index is 2.12. The highest BCUT2D eigenvalue weighted by Gasteiger charge is 2.08. The van der Waals surface area contributed by atoms with Gasteiger partial charge in [0.15, 0.2) is 0 Å². The van der Waals surface area contributed by atoms with E-state index >= 15 is 0 Å². The van der Waals surface area contributed by atoms with Crippen LogP contribution in [0.1, 0.15) is 15.9 Å². The summed E-state index contributed by atoms with van der Waals surface area (Å²) >= 11 is 0. The van der Waals surface area contributed by atoms with E-state index in [4.69, 9.17) is 0 Å². The number of nitrogens with one attached hydrogen (secondary N) is 1. The molecule has 0 fully saturated rings. The molecule has 2 aromatic rings. The van der Waals surface area contributed by atoms with Gasteiger partial charge in [-0.25, -0.2) is 4.39 Å². The van der Waals surface area contributed by atoms with Gasteiger partial charge in [-0.2, -0.15) is 0 Å². The average molecular weight is 272 g/mol. The lowest BCUT2D eigenvalue weighted by Crippen LogP contribution is -2.13. The molecule has 0 radical (unpaired) electrons. The van der Waals surface area contributed by atoms with Crippen molar-refractivity contribution in [3.63, 3.8) is 0 Å². The van der Waals surface area contributed by atoms with Crippen LogP contribution in [0.25, 0.3) is 0 Å². The van der Waals surface area contributed by atoms with Crippen molar-refractivity contribution < 1.29 is 9.18 Å². The third-order valence-electron chi connectivity index (χ3n) is 3.06. The maximum atomic E-state index is 13.2. The van der Waals surface area contributed by atoms with Gasteiger partial charge in [0.1, 0.15) is 5.82 Å². The molecule has 0 atom stereocenters. The summed E-state index contributed by atoms with van der Waals surface area (Å²) in [7, 11) is 3.91. The Morgan fingerprint density at radius 3 is 2.30 bits per heavy atom. The van der Waals surface area contributed by atoms with Crippen LogP contribution in [0.2, 0.25) is 0 Å². The Hall–Kier alpha value is -2.36. The number of anilines is 2. The molecule has 0 spiro atoms. The van der Waals surface area contributed by atoms with Crippen molar-refractivity contribution in [2.75, 3.05) is 24.3 Å². The van der Waals surface area contributed by atoms with Crippen molar-refractivity contribution in [1.82, 2.24) is 0 Å². The molecule has 104 valence electrons. The highest BCUT2D eigenvalue weighted by atomic mass is 19.1. The van der Waals surface area contributed by atoms with Gasteiger partial charge in [0.05, 0.1) is 0 Å². The van der Waals surface area contributed by atoms with E-state index in [2.05, 4.69) is 5.32 Å². The van der Waals surface area contributed by atoms with Crippen molar-refractivity contribution in [2.45, 2.75) is 6.92 Å².